The minimum Gasteiger partial charge on any atom is -0.328 e. The summed E-state index contributed by atoms with van der Waals surface area (Å²) in [5, 5.41) is 0. The first-order chi connectivity index (χ1) is 3.06. The maximum Gasteiger partial charge on any atom is 0.0964 e. The average molecular weight is 120 g/mol. The van der Waals surface area contributed by atoms with Gasteiger partial charge in [-0.3, -0.25) is 4.70 Å². The molecule has 50 valence electrons. The molecule has 0 atom stereocenters. The maximum absolute atomic E-state index is 3.63. The van der Waals surface area contributed by atoms with Crippen molar-refractivity contribution in [3.8, 4) is 0 Å². The Labute approximate surface area is 50.6 Å². The van der Waals surface area contributed by atoms with Crippen LogP contribution in [0.1, 0.15) is 0 Å². The lowest BCUT2D eigenvalue weighted by atomic mass is 10.5. The first kappa shape index (κ1) is 10.6. The Balaban J connectivity index is 0. The van der Waals surface area contributed by atoms with Crippen molar-refractivity contribution in [1.82, 2.24) is 0 Å². The van der Waals surface area contributed by atoms with Gasteiger partial charge in [-0.15, -0.1) is 0 Å². The second-order valence-electron chi connectivity index (χ2n) is 2.76. The van der Waals surface area contributed by atoms with E-state index in [9.17, 15) is 0 Å². The molecule has 0 radical (unpaired) electrons. The SMILES string of the molecule is C=CC[N+](C)(C)C.F. The Morgan fingerprint density at radius 1 is 1.38 bits per heavy atom. The highest BCUT2D eigenvalue weighted by atomic mass is 19.0. The van der Waals surface area contributed by atoms with Crippen LogP contribution in [0.25, 0.3) is 0 Å². The minimum absolute atomic E-state index is 0. The van der Waals surface area contributed by atoms with Crippen LogP contribution in [0, 0.1) is 0 Å². The fourth-order valence-corrected chi connectivity index (χ4v) is 0.387. The van der Waals surface area contributed by atoms with Crippen LogP contribution < -0.4 is 0 Å². The second-order valence-corrected chi connectivity index (χ2v) is 2.76. The van der Waals surface area contributed by atoms with Crippen molar-refractivity contribution in [2.75, 3.05) is 27.7 Å². The van der Waals surface area contributed by atoms with Gasteiger partial charge in [-0.2, -0.15) is 0 Å². The summed E-state index contributed by atoms with van der Waals surface area (Å²) in [6, 6.07) is 0. The highest BCUT2D eigenvalue weighted by Crippen LogP contribution is 1.86. The van der Waals surface area contributed by atoms with Crippen LogP contribution in [-0.4, -0.2) is 32.2 Å². The summed E-state index contributed by atoms with van der Waals surface area (Å²) in [6.45, 7) is 4.67. The van der Waals surface area contributed by atoms with E-state index in [0.29, 0.717) is 0 Å². The number of rotatable bonds is 2. The van der Waals surface area contributed by atoms with Crippen LogP contribution >= 0.6 is 0 Å². The van der Waals surface area contributed by atoms with Gasteiger partial charge >= 0.3 is 0 Å². The molecule has 0 aromatic rings. The van der Waals surface area contributed by atoms with Crippen molar-refractivity contribution in [3.05, 3.63) is 12.7 Å². The van der Waals surface area contributed by atoms with Crippen molar-refractivity contribution in [1.29, 1.82) is 0 Å². The smallest absolute Gasteiger partial charge is 0.0964 e. The average Bonchev–Trinajstić information content (AvgIpc) is 1.30. The van der Waals surface area contributed by atoms with Gasteiger partial charge < -0.3 is 4.48 Å². The van der Waals surface area contributed by atoms with Gasteiger partial charge in [0.25, 0.3) is 0 Å². The lowest BCUT2D eigenvalue weighted by molar-refractivity contribution is -0.864. The molecule has 0 spiro atoms. The summed E-state index contributed by atoms with van der Waals surface area (Å²) in [4.78, 5) is 0. The molecule has 0 saturated carbocycles. The molecule has 0 aliphatic rings. The predicted molar refractivity (Wildman–Crippen MR) is 35.6 cm³/mol. The van der Waals surface area contributed by atoms with Crippen molar-refractivity contribution in [3.63, 3.8) is 0 Å². The normalized spacial score (nSPS) is 9.88. The summed E-state index contributed by atoms with van der Waals surface area (Å²) >= 11 is 0. The van der Waals surface area contributed by atoms with Crippen LogP contribution in [0.5, 0.6) is 0 Å². The largest absolute Gasteiger partial charge is 0.328 e. The molecule has 2 heteroatoms. The van der Waals surface area contributed by atoms with Crippen LogP contribution in [-0.2, 0) is 0 Å². The molecule has 0 saturated heterocycles. The summed E-state index contributed by atoms with van der Waals surface area (Å²) in [6.07, 6.45) is 1.93. The maximum atomic E-state index is 3.63. The lowest BCUT2D eigenvalue weighted by Gasteiger charge is -2.21. The van der Waals surface area contributed by atoms with Crippen LogP contribution in [0.4, 0.5) is 4.70 Å². The Bertz CT molecular complexity index is 63.4. The summed E-state index contributed by atoms with van der Waals surface area (Å²) in [7, 11) is 6.42. The number of halogens is 1. The molecule has 1 nitrogen and oxygen atoms in total. The molecular weight excluding hydrogens is 105 g/mol. The highest BCUT2D eigenvalue weighted by molar-refractivity contribution is 4.63. The van der Waals surface area contributed by atoms with Gasteiger partial charge in [-0.1, -0.05) is 6.58 Å². The van der Waals surface area contributed by atoms with Gasteiger partial charge in [-0.25, -0.2) is 0 Å². The van der Waals surface area contributed by atoms with Crippen molar-refractivity contribution in [2.45, 2.75) is 0 Å². The Hall–Kier alpha value is -0.370. The van der Waals surface area contributed by atoms with Gasteiger partial charge in [0.15, 0.2) is 0 Å². The Morgan fingerprint density at radius 2 is 1.75 bits per heavy atom. The number of nitrogens with zero attached hydrogens (tertiary/aromatic N) is 1. The van der Waals surface area contributed by atoms with E-state index in [1.54, 1.807) is 0 Å². The molecule has 0 heterocycles. The van der Waals surface area contributed by atoms with Crippen molar-refractivity contribution < 1.29 is 9.19 Å². The standard InChI is InChI=1S/C6H14N.FH/c1-5-6-7(2,3)4;/h5H,1,6H2,2-4H3;1H/q+1;. The first-order valence-electron chi connectivity index (χ1n) is 2.47. The fourth-order valence-electron chi connectivity index (χ4n) is 0.387. The highest BCUT2D eigenvalue weighted by Gasteiger charge is 1.99. The van der Waals surface area contributed by atoms with Gasteiger partial charge in [0.2, 0.25) is 0 Å². The molecule has 0 aromatic heterocycles. The van der Waals surface area contributed by atoms with Crippen molar-refractivity contribution in [2.24, 2.45) is 0 Å². The van der Waals surface area contributed by atoms with Gasteiger partial charge in [-0.05, 0) is 6.08 Å². The zero-order valence-corrected chi connectivity index (χ0v) is 5.85. The molecular formula is C6H15FN+. The Morgan fingerprint density at radius 3 is 1.75 bits per heavy atom. The van der Waals surface area contributed by atoms with E-state index in [0.717, 1.165) is 11.0 Å². The van der Waals surface area contributed by atoms with Gasteiger partial charge in [0.1, 0.15) is 0 Å². The van der Waals surface area contributed by atoms with Gasteiger partial charge in [0.05, 0.1) is 27.7 Å². The molecule has 0 bridgehead atoms. The summed E-state index contributed by atoms with van der Waals surface area (Å²) in [5.41, 5.74) is 0. The molecule has 8 heavy (non-hydrogen) atoms. The van der Waals surface area contributed by atoms with Crippen LogP contribution in [0.3, 0.4) is 0 Å². The zero-order chi connectivity index (χ0) is 5.91. The quantitative estimate of drug-likeness (QED) is 0.377. The third kappa shape index (κ3) is 9.16. The lowest BCUT2D eigenvalue weighted by Crippen LogP contribution is -2.33. The van der Waals surface area contributed by atoms with E-state index in [2.05, 4.69) is 27.7 Å². The topological polar surface area (TPSA) is 0 Å². The molecule has 0 rings (SSSR count). The minimum atomic E-state index is 0. The van der Waals surface area contributed by atoms with Crippen LogP contribution in [0.2, 0.25) is 0 Å². The fraction of sp³-hybridized carbons (Fsp3) is 0.667. The molecule has 0 amide bonds. The summed E-state index contributed by atoms with van der Waals surface area (Å²) in [5.74, 6) is 0. The van der Waals surface area contributed by atoms with E-state index in [-0.39, 0.29) is 4.70 Å². The molecule has 0 aliphatic carbocycles. The van der Waals surface area contributed by atoms with Gasteiger partial charge in [0, 0.05) is 0 Å². The molecule has 0 fully saturated rings. The van der Waals surface area contributed by atoms with E-state index in [4.69, 9.17) is 0 Å². The number of likely N-dealkylation sites (N-methyl/N-ethyl adjacent to an activating group) is 1. The third-order valence-corrected chi connectivity index (χ3v) is 0.677. The molecule has 0 N–H and O–H groups in total. The third-order valence-electron chi connectivity index (χ3n) is 0.677. The van der Waals surface area contributed by atoms with Crippen LogP contribution in [0.15, 0.2) is 12.7 Å². The zero-order valence-electron chi connectivity index (χ0n) is 5.85. The molecule has 0 unspecified atom stereocenters. The summed E-state index contributed by atoms with van der Waals surface area (Å²) < 4.78 is 0.976. The van der Waals surface area contributed by atoms with E-state index in [1.807, 2.05) is 6.08 Å². The molecule has 0 aromatic carbocycles. The first-order valence-corrected chi connectivity index (χ1v) is 2.47. The Kier molecular flexibility index (Phi) is 4.77. The van der Waals surface area contributed by atoms with E-state index >= 15 is 0 Å². The molecule has 0 aliphatic heterocycles. The predicted octanol–water partition coefficient (Wildman–Crippen LogP) is 1.03. The van der Waals surface area contributed by atoms with E-state index in [1.165, 1.54) is 0 Å². The number of hydrogen-bond donors (Lipinski definition) is 0. The second kappa shape index (κ2) is 3.61. The number of hydrogen-bond acceptors (Lipinski definition) is 0. The van der Waals surface area contributed by atoms with Crippen molar-refractivity contribution >= 4 is 0 Å². The van der Waals surface area contributed by atoms with E-state index < -0.39 is 0 Å². The monoisotopic (exact) mass is 120 g/mol. The number of quaternary nitrogens is 1.